The Bertz CT molecular complexity index is 1650. The molecule has 8 nitrogen and oxygen atoms in total. The molecule has 0 bridgehead atoms. The van der Waals surface area contributed by atoms with E-state index in [4.69, 9.17) is 5.73 Å². The van der Waals surface area contributed by atoms with Gasteiger partial charge in [-0.25, -0.2) is 4.39 Å². The number of fused-ring (bicyclic) bond motifs is 2. The van der Waals surface area contributed by atoms with Crippen molar-refractivity contribution in [3.8, 4) is 39.5 Å². The van der Waals surface area contributed by atoms with Crippen molar-refractivity contribution in [1.82, 2.24) is 30.1 Å². The largest absolute Gasteiger partial charge is 0.508 e. The zero-order valence-electron chi connectivity index (χ0n) is 17.0. The molecule has 0 unspecified atom stereocenters. The fourth-order valence-electron chi connectivity index (χ4n) is 4.02. The summed E-state index contributed by atoms with van der Waals surface area (Å²) in [6, 6.07) is 9.62. The summed E-state index contributed by atoms with van der Waals surface area (Å²) in [5, 5.41) is 19.0. The monoisotopic (exact) mass is 437 g/mol. The second kappa shape index (κ2) is 7.13. The molecule has 0 saturated carbocycles. The van der Waals surface area contributed by atoms with Crippen LogP contribution in [0.4, 0.5) is 10.1 Å². The summed E-state index contributed by atoms with van der Waals surface area (Å²) in [6.45, 7) is 0. The van der Waals surface area contributed by atoms with Crippen molar-refractivity contribution in [1.29, 1.82) is 0 Å². The number of halogens is 1. The van der Waals surface area contributed by atoms with Crippen LogP contribution in [0, 0.1) is 5.82 Å². The number of hydrogen-bond acceptors (Lipinski definition) is 6. The SMILES string of the molecule is Nc1cncc(-c2cc3c(-c4cc5c(-c6cc(O)cc(F)c6)cncc5[nH]4)n[nH]c3cn2)c1. The van der Waals surface area contributed by atoms with Crippen molar-refractivity contribution in [2.75, 3.05) is 5.73 Å². The molecule has 33 heavy (non-hydrogen) atoms. The number of nitrogens with two attached hydrogens (primary N) is 1. The standard InChI is InChI=1S/C24H16FN7O/c25-14-1-12(3-16(33)4-14)19-9-28-10-22-17(19)5-21(30-22)24-18-6-20(29-11-23(18)31-32-24)13-2-15(26)8-27-7-13/h1-11,30,33H,26H2,(H,31,32). The topological polar surface area (TPSA) is 129 Å². The zero-order chi connectivity index (χ0) is 22.5. The lowest BCUT2D eigenvalue weighted by atomic mass is 10.0. The van der Waals surface area contributed by atoms with Crippen LogP contribution in [0.5, 0.6) is 5.75 Å². The smallest absolute Gasteiger partial charge is 0.127 e. The molecule has 5 aromatic heterocycles. The third kappa shape index (κ3) is 3.23. The van der Waals surface area contributed by atoms with Crippen LogP contribution in [0.3, 0.4) is 0 Å². The van der Waals surface area contributed by atoms with Crippen LogP contribution in [0.1, 0.15) is 0 Å². The fraction of sp³-hybridized carbons (Fsp3) is 0. The average Bonchev–Trinajstić information content (AvgIpc) is 3.41. The van der Waals surface area contributed by atoms with Gasteiger partial charge in [-0.05, 0) is 35.9 Å². The predicted molar refractivity (Wildman–Crippen MR) is 124 cm³/mol. The molecule has 0 aliphatic carbocycles. The maximum Gasteiger partial charge on any atom is 0.127 e. The summed E-state index contributed by atoms with van der Waals surface area (Å²) in [6.07, 6.45) is 8.35. The fourth-order valence-corrected chi connectivity index (χ4v) is 4.02. The highest BCUT2D eigenvalue weighted by Crippen LogP contribution is 2.35. The molecule has 6 aromatic rings. The van der Waals surface area contributed by atoms with Gasteiger partial charge in [0.25, 0.3) is 0 Å². The lowest BCUT2D eigenvalue weighted by Gasteiger charge is -2.04. The number of anilines is 1. The molecule has 160 valence electrons. The number of nitrogen functional groups attached to an aromatic ring is 1. The number of aromatic hydroxyl groups is 1. The Balaban J connectivity index is 1.51. The van der Waals surface area contributed by atoms with Gasteiger partial charge in [0.2, 0.25) is 0 Å². The number of nitrogens with zero attached hydrogens (tertiary/aromatic N) is 4. The highest BCUT2D eigenvalue weighted by molar-refractivity contribution is 6.01. The maximum atomic E-state index is 13.9. The van der Waals surface area contributed by atoms with Crippen LogP contribution in [-0.4, -0.2) is 35.2 Å². The Labute approximate surface area is 186 Å². The second-order valence-corrected chi connectivity index (χ2v) is 7.72. The van der Waals surface area contributed by atoms with E-state index in [1.807, 2.05) is 18.2 Å². The lowest BCUT2D eigenvalue weighted by molar-refractivity contribution is 0.469. The lowest BCUT2D eigenvalue weighted by Crippen LogP contribution is -1.89. The van der Waals surface area contributed by atoms with Gasteiger partial charge in [-0.2, -0.15) is 5.10 Å². The average molecular weight is 437 g/mol. The molecule has 6 rings (SSSR count). The Kier molecular flexibility index (Phi) is 4.09. The van der Waals surface area contributed by atoms with Gasteiger partial charge >= 0.3 is 0 Å². The van der Waals surface area contributed by atoms with Crippen molar-refractivity contribution in [2.24, 2.45) is 0 Å². The third-order valence-corrected chi connectivity index (χ3v) is 5.50. The molecule has 1 aromatic carbocycles. The van der Waals surface area contributed by atoms with Crippen molar-refractivity contribution in [2.45, 2.75) is 0 Å². The summed E-state index contributed by atoms with van der Waals surface area (Å²) in [4.78, 5) is 16.3. The van der Waals surface area contributed by atoms with E-state index in [0.29, 0.717) is 22.5 Å². The number of aromatic amines is 2. The van der Waals surface area contributed by atoms with Crippen LogP contribution in [0.25, 0.3) is 55.6 Å². The van der Waals surface area contributed by atoms with E-state index in [-0.39, 0.29) is 5.75 Å². The van der Waals surface area contributed by atoms with Crippen LogP contribution < -0.4 is 5.73 Å². The third-order valence-electron chi connectivity index (χ3n) is 5.50. The molecule has 9 heteroatoms. The molecule has 0 spiro atoms. The summed E-state index contributed by atoms with van der Waals surface area (Å²) in [7, 11) is 0. The van der Waals surface area contributed by atoms with Crippen molar-refractivity contribution >= 4 is 27.5 Å². The minimum Gasteiger partial charge on any atom is -0.508 e. The van der Waals surface area contributed by atoms with Gasteiger partial charge in [0, 0.05) is 46.6 Å². The number of nitrogens with one attached hydrogen (secondary N) is 2. The number of aromatic nitrogens is 6. The van der Waals surface area contributed by atoms with E-state index in [2.05, 4.69) is 30.1 Å². The van der Waals surface area contributed by atoms with Crippen molar-refractivity contribution in [3.63, 3.8) is 0 Å². The number of hydrogen-bond donors (Lipinski definition) is 4. The summed E-state index contributed by atoms with van der Waals surface area (Å²) < 4.78 is 13.9. The number of pyridine rings is 3. The van der Waals surface area contributed by atoms with Gasteiger partial charge in [-0.15, -0.1) is 0 Å². The molecular weight excluding hydrogens is 421 g/mol. The van der Waals surface area contributed by atoms with Gasteiger partial charge in [-0.1, -0.05) is 0 Å². The van der Waals surface area contributed by atoms with Gasteiger partial charge in [0.1, 0.15) is 17.3 Å². The van der Waals surface area contributed by atoms with Gasteiger partial charge in [0.15, 0.2) is 0 Å². The van der Waals surface area contributed by atoms with Gasteiger partial charge in [0.05, 0.1) is 40.5 Å². The summed E-state index contributed by atoms with van der Waals surface area (Å²) in [5.41, 5.74) is 12.2. The molecule has 0 aliphatic heterocycles. The van der Waals surface area contributed by atoms with Gasteiger partial charge in [-0.3, -0.25) is 20.1 Å². The summed E-state index contributed by atoms with van der Waals surface area (Å²) >= 11 is 0. The first-order valence-corrected chi connectivity index (χ1v) is 10.1. The Morgan fingerprint density at radius 2 is 1.70 bits per heavy atom. The number of H-pyrrole nitrogens is 2. The number of benzene rings is 1. The molecular formula is C24H16FN7O. The van der Waals surface area contributed by atoms with Crippen molar-refractivity contribution in [3.05, 3.63) is 73.2 Å². The normalized spacial score (nSPS) is 11.4. The van der Waals surface area contributed by atoms with Crippen LogP contribution in [0.2, 0.25) is 0 Å². The Morgan fingerprint density at radius 1 is 0.818 bits per heavy atom. The Hall–Kier alpha value is -4.79. The second-order valence-electron chi connectivity index (χ2n) is 7.72. The molecule has 0 fully saturated rings. The molecule has 5 heterocycles. The first-order valence-electron chi connectivity index (χ1n) is 10.1. The van der Waals surface area contributed by atoms with E-state index in [1.54, 1.807) is 31.0 Å². The van der Waals surface area contributed by atoms with E-state index in [1.165, 1.54) is 12.1 Å². The first kappa shape index (κ1) is 18.9. The minimum atomic E-state index is -0.521. The van der Waals surface area contributed by atoms with Crippen LogP contribution >= 0.6 is 0 Å². The molecule has 5 N–H and O–H groups in total. The zero-order valence-corrected chi connectivity index (χ0v) is 17.0. The van der Waals surface area contributed by atoms with E-state index < -0.39 is 5.82 Å². The number of rotatable bonds is 3. The highest BCUT2D eigenvalue weighted by atomic mass is 19.1. The first-order chi connectivity index (χ1) is 16.0. The number of phenols is 1. The predicted octanol–water partition coefficient (Wildman–Crippen LogP) is 4.66. The van der Waals surface area contributed by atoms with E-state index >= 15 is 0 Å². The number of phenolic OH excluding ortho intramolecular Hbond substituents is 1. The molecule has 0 aliphatic rings. The quantitative estimate of drug-likeness (QED) is 0.319. The summed E-state index contributed by atoms with van der Waals surface area (Å²) in [5.74, 6) is -0.667. The van der Waals surface area contributed by atoms with Crippen LogP contribution in [0.15, 0.2) is 67.4 Å². The molecule has 0 saturated heterocycles. The maximum absolute atomic E-state index is 13.9. The molecule has 0 amide bonds. The van der Waals surface area contributed by atoms with Gasteiger partial charge < -0.3 is 15.8 Å². The minimum absolute atomic E-state index is 0.146. The van der Waals surface area contributed by atoms with Crippen molar-refractivity contribution < 1.29 is 9.50 Å². The molecule has 0 radical (unpaired) electrons. The van der Waals surface area contributed by atoms with Crippen LogP contribution in [-0.2, 0) is 0 Å². The molecule has 0 atom stereocenters. The van der Waals surface area contributed by atoms with E-state index in [0.717, 1.165) is 44.8 Å². The van der Waals surface area contributed by atoms with E-state index in [9.17, 15) is 9.50 Å². The Morgan fingerprint density at radius 3 is 2.55 bits per heavy atom. The highest BCUT2D eigenvalue weighted by Gasteiger charge is 2.16.